The molecule has 0 bridgehead atoms. The number of unbranched alkanes of at least 4 members (excludes halogenated alkanes) is 31. The lowest BCUT2D eigenvalue weighted by Gasteiger charge is -2.17. The molecule has 49 heavy (non-hydrogen) atoms. The SMILES string of the molecule is [3H]C([3H])(CCCCCCCCCCCCCCC)OCC(OC([3H])([3H])CCCCCCCCCCCCCCC)C(=O)O[14CH2]CCCCCCCCC. The Morgan fingerprint density at radius 1 is 0.449 bits per heavy atom. The fourth-order valence-corrected chi connectivity index (χ4v) is 6.45. The first-order valence-corrected chi connectivity index (χ1v) is 22.2. The lowest BCUT2D eigenvalue weighted by molar-refractivity contribution is -0.161. The molecule has 1 atom stereocenters. The molecule has 4 heteroatoms. The minimum atomic E-state index is -2.01. The van der Waals surface area contributed by atoms with Crippen molar-refractivity contribution in [2.75, 3.05) is 26.3 Å². The van der Waals surface area contributed by atoms with Crippen LogP contribution in [0.25, 0.3) is 0 Å². The number of ether oxygens (including phenoxy) is 3. The first-order valence-electron chi connectivity index (χ1n) is 24.2. The number of esters is 1. The highest BCUT2D eigenvalue weighted by Crippen LogP contribution is 2.15. The predicted molar refractivity (Wildman–Crippen MR) is 215 cm³/mol. The van der Waals surface area contributed by atoms with E-state index in [2.05, 4.69) is 20.8 Å². The lowest BCUT2D eigenvalue weighted by atomic mass is 10.0. The smallest absolute Gasteiger partial charge is 0.337 e. The van der Waals surface area contributed by atoms with Gasteiger partial charge in [-0.2, -0.15) is 0 Å². The summed E-state index contributed by atoms with van der Waals surface area (Å²) in [7, 11) is 0. The first-order chi connectivity index (χ1) is 25.7. The van der Waals surface area contributed by atoms with E-state index in [-0.39, 0.29) is 26.1 Å². The van der Waals surface area contributed by atoms with E-state index in [1.165, 1.54) is 161 Å². The third-order valence-corrected chi connectivity index (χ3v) is 9.83. The molecule has 1 unspecified atom stereocenters. The van der Waals surface area contributed by atoms with Gasteiger partial charge < -0.3 is 14.2 Å². The van der Waals surface area contributed by atoms with Gasteiger partial charge in [0.2, 0.25) is 0 Å². The van der Waals surface area contributed by atoms with E-state index < -0.39 is 25.2 Å². The van der Waals surface area contributed by atoms with E-state index in [1.54, 1.807) is 0 Å². The molecule has 0 aromatic rings. The Labute approximate surface area is 314 Å². The summed E-state index contributed by atoms with van der Waals surface area (Å²) in [5.41, 5.74) is 0. The Bertz CT molecular complexity index is 767. The summed E-state index contributed by atoms with van der Waals surface area (Å²) >= 11 is 0. The second-order valence-corrected chi connectivity index (χ2v) is 14.8. The molecule has 0 N–H and O–H groups in total. The van der Waals surface area contributed by atoms with Gasteiger partial charge in [0.1, 0.15) is 0 Å². The van der Waals surface area contributed by atoms with Crippen molar-refractivity contribution in [3.8, 4) is 0 Å². The maximum atomic E-state index is 13.1. The fourth-order valence-electron chi connectivity index (χ4n) is 6.45. The molecule has 0 amide bonds. The van der Waals surface area contributed by atoms with Crippen molar-refractivity contribution in [2.45, 2.75) is 258 Å². The second kappa shape index (κ2) is 43.6. The molecule has 294 valence electrons. The normalized spacial score (nSPS) is 13.9. The van der Waals surface area contributed by atoms with Crippen LogP contribution in [0.3, 0.4) is 0 Å². The van der Waals surface area contributed by atoms with Crippen LogP contribution in [0.2, 0.25) is 0 Å². The van der Waals surface area contributed by atoms with Crippen molar-refractivity contribution in [3.63, 3.8) is 0 Å². The largest absolute Gasteiger partial charge is 0.464 e. The predicted octanol–water partition coefficient (Wildman–Crippen LogP) is 15.0. The summed E-state index contributed by atoms with van der Waals surface area (Å²) in [6, 6.07) is 0. The van der Waals surface area contributed by atoms with Crippen molar-refractivity contribution >= 4 is 5.97 Å². The molecule has 0 aliphatic carbocycles. The summed E-state index contributed by atoms with van der Waals surface area (Å²) in [5.74, 6) is -0.654. The van der Waals surface area contributed by atoms with Crippen LogP contribution in [-0.2, 0) is 19.0 Å². The van der Waals surface area contributed by atoms with E-state index in [0.29, 0.717) is 6.42 Å². The van der Waals surface area contributed by atoms with Crippen LogP contribution in [0, 0.1) is 0 Å². The highest BCUT2D eigenvalue weighted by atomic mass is 16.7. The van der Waals surface area contributed by atoms with Gasteiger partial charge >= 0.3 is 5.97 Å². The number of hydrogen-bond acceptors (Lipinski definition) is 4. The zero-order chi connectivity index (χ0) is 39.1. The number of carbonyl (C=O) groups is 1. The molecule has 0 aromatic heterocycles. The van der Waals surface area contributed by atoms with Crippen LogP contribution in [-0.4, -0.2) is 38.4 Å². The van der Waals surface area contributed by atoms with Gasteiger partial charge in [0.25, 0.3) is 0 Å². The third kappa shape index (κ3) is 40.0. The summed E-state index contributed by atoms with van der Waals surface area (Å²) in [5, 5.41) is 0. The summed E-state index contributed by atoms with van der Waals surface area (Å²) in [6.07, 6.45) is 40.0. The Morgan fingerprint density at radius 3 is 1.12 bits per heavy atom. The van der Waals surface area contributed by atoms with Crippen molar-refractivity contribution in [1.29, 1.82) is 0 Å². The standard InChI is InChI=1S/C45H90O4/c1-4-7-10-13-16-19-21-23-25-27-29-31-34-37-40-47-43-44(45(46)49-42-39-36-32-18-15-12-9-6-3)48-41-38-35-33-30-28-26-24-22-20-17-14-11-8-5-2/h44H,4-43H2,1-3H3/i40T2,41T2,42+2. The Hall–Kier alpha value is -0.610. The molecule has 0 spiro atoms. The monoisotopic (exact) mass is 705 g/mol. The molecule has 0 fully saturated rings. The Kier molecular flexibility index (Phi) is 36.6. The molecule has 0 radical (unpaired) electrons. The van der Waals surface area contributed by atoms with Crippen molar-refractivity contribution in [2.24, 2.45) is 0 Å². The van der Waals surface area contributed by atoms with Crippen LogP contribution in [0.1, 0.15) is 257 Å². The van der Waals surface area contributed by atoms with Gasteiger partial charge in [-0.15, -0.1) is 0 Å². The molecule has 0 aliphatic heterocycles. The summed E-state index contributed by atoms with van der Waals surface area (Å²) in [4.78, 5) is 13.1. The molecule has 0 saturated heterocycles. The van der Waals surface area contributed by atoms with Crippen LogP contribution >= 0.6 is 0 Å². The minimum absolute atomic E-state index is 0.193. The van der Waals surface area contributed by atoms with Crippen LogP contribution in [0.4, 0.5) is 0 Å². The quantitative estimate of drug-likeness (QED) is 0.0468. The number of carbonyl (C=O) groups excluding carboxylic acids is 1. The zero-order valence-electron chi connectivity index (χ0n) is 37.6. The number of rotatable bonds is 43. The third-order valence-electron chi connectivity index (χ3n) is 9.83. The number of hydrogen-bond donors (Lipinski definition) is 0. The highest BCUT2D eigenvalue weighted by Gasteiger charge is 2.21. The highest BCUT2D eigenvalue weighted by molar-refractivity contribution is 5.74. The molecule has 0 heterocycles. The van der Waals surface area contributed by atoms with Crippen LogP contribution < -0.4 is 0 Å². The second-order valence-electron chi connectivity index (χ2n) is 14.8. The van der Waals surface area contributed by atoms with Gasteiger partial charge in [-0.1, -0.05) is 233 Å². The molecule has 0 aliphatic rings. The maximum absolute atomic E-state index is 13.1. The van der Waals surface area contributed by atoms with Gasteiger partial charge in [0.05, 0.1) is 18.7 Å². The van der Waals surface area contributed by atoms with E-state index in [9.17, 15) is 4.79 Å². The van der Waals surface area contributed by atoms with E-state index in [1.807, 2.05) is 0 Å². The zero-order valence-corrected chi connectivity index (χ0v) is 33.6. The average molecular weight is 705 g/mol. The van der Waals surface area contributed by atoms with E-state index >= 15 is 0 Å². The van der Waals surface area contributed by atoms with Gasteiger partial charge in [-0.05, 0) is 19.3 Å². The molecule has 0 aromatic carbocycles. The van der Waals surface area contributed by atoms with Gasteiger partial charge in [-0.3, -0.25) is 0 Å². The summed E-state index contributed by atoms with van der Waals surface area (Å²) < 4.78 is 50.8. The van der Waals surface area contributed by atoms with E-state index in [4.69, 9.17) is 19.7 Å². The van der Waals surface area contributed by atoms with Crippen molar-refractivity contribution in [3.05, 3.63) is 0 Å². The van der Waals surface area contributed by atoms with Crippen molar-refractivity contribution < 1.29 is 24.5 Å². The molecule has 4 nitrogen and oxygen atoms in total. The fraction of sp³-hybridized carbons (Fsp3) is 0.978. The molecule has 0 rings (SSSR count). The molecular formula is C45H90O4. The average Bonchev–Trinajstić information content (AvgIpc) is 3.13. The maximum Gasteiger partial charge on any atom is 0.337 e. The van der Waals surface area contributed by atoms with Gasteiger partial charge in [-0.25, -0.2) is 4.79 Å². The van der Waals surface area contributed by atoms with Crippen molar-refractivity contribution in [1.82, 2.24) is 0 Å². The first kappa shape index (κ1) is 41.2. The lowest BCUT2D eigenvalue weighted by Crippen LogP contribution is -2.32. The van der Waals surface area contributed by atoms with E-state index in [0.717, 1.165) is 51.4 Å². The minimum Gasteiger partial charge on any atom is -0.464 e. The molecular weight excluding hydrogens is 606 g/mol. The Balaban J connectivity index is 4.55. The van der Waals surface area contributed by atoms with Crippen LogP contribution in [0.5, 0.6) is 0 Å². The van der Waals surface area contributed by atoms with Gasteiger partial charge in [0, 0.05) is 13.1 Å². The molecule has 0 saturated carbocycles. The summed E-state index contributed by atoms with van der Waals surface area (Å²) in [6.45, 7) is 2.74. The van der Waals surface area contributed by atoms with Gasteiger partial charge in [0.15, 0.2) is 6.10 Å². The Morgan fingerprint density at radius 2 is 0.755 bits per heavy atom. The van der Waals surface area contributed by atoms with Crippen LogP contribution in [0.15, 0.2) is 0 Å². The topological polar surface area (TPSA) is 44.8 Å².